The van der Waals surface area contributed by atoms with Crippen LogP contribution in [0, 0.1) is 0 Å². The van der Waals surface area contributed by atoms with E-state index in [1.165, 1.54) is 12.1 Å². The van der Waals surface area contributed by atoms with Crippen molar-refractivity contribution in [1.82, 2.24) is 4.72 Å². The molecule has 1 amide bonds. The average Bonchev–Trinajstić information content (AvgIpc) is 2.54. The molecular formula is C17H12ClNO3S2. The second-order valence-corrected chi connectivity index (χ2v) is 8.04. The van der Waals surface area contributed by atoms with Crippen LogP contribution in [0.1, 0.15) is 0 Å². The molecule has 0 atom stereocenters. The van der Waals surface area contributed by atoms with E-state index in [1.807, 2.05) is 41.1 Å². The number of hydrogen-bond acceptors (Lipinski definition) is 4. The van der Waals surface area contributed by atoms with Gasteiger partial charge in [-0.2, -0.15) is 0 Å². The Hall–Kier alpha value is -2.02. The number of carbonyl (C=O) groups is 1. The van der Waals surface area contributed by atoms with Crippen molar-refractivity contribution < 1.29 is 13.2 Å². The summed E-state index contributed by atoms with van der Waals surface area (Å²) in [6.07, 6.45) is 0. The zero-order valence-electron chi connectivity index (χ0n) is 12.3. The van der Waals surface area contributed by atoms with Crippen LogP contribution in [-0.2, 0) is 10.0 Å². The Labute approximate surface area is 148 Å². The van der Waals surface area contributed by atoms with E-state index >= 15 is 0 Å². The lowest BCUT2D eigenvalue weighted by Gasteiger charge is -2.08. The van der Waals surface area contributed by atoms with E-state index in [1.54, 1.807) is 18.2 Å². The lowest BCUT2D eigenvalue weighted by molar-refractivity contribution is 0.264. The highest BCUT2D eigenvalue weighted by atomic mass is 35.5. The molecule has 1 N–H and O–H groups in total. The van der Waals surface area contributed by atoms with Gasteiger partial charge in [0, 0.05) is 4.90 Å². The van der Waals surface area contributed by atoms with Crippen LogP contribution < -0.4 is 4.72 Å². The monoisotopic (exact) mass is 377 g/mol. The van der Waals surface area contributed by atoms with Crippen molar-refractivity contribution in [1.29, 1.82) is 0 Å². The Morgan fingerprint density at radius 1 is 0.917 bits per heavy atom. The minimum Gasteiger partial charge on any atom is -0.260 e. The molecule has 0 heterocycles. The number of nitrogens with one attached hydrogen (secondary N) is 1. The maximum absolute atomic E-state index is 12.2. The van der Waals surface area contributed by atoms with Crippen molar-refractivity contribution in [3.05, 3.63) is 71.8 Å². The van der Waals surface area contributed by atoms with Crippen LogP contribution in [0.2, 0.25) is 5.02 Å². The van der Waals surface area contributed by atoms with Gasteiger partial charge in [0.2, 0.25) is 0 Å². The largest absolute Gasteiger partial charge is 0.297 e. The zero-order chi connectivity index (χ0) is 17.2. The van der Waals surface area contributed by atoms with Crippen molar-refractivity contribution in [2.24, 2.45) is 0 Å². The molecule has 0 saturated carbocycles. The summed E-state index contributed by atoms with van der Waals surface area (Å²) in [5.74, 6) is 0. The SMILES string of the molecule is O=C(NS(=O)(=O)c1ccccc1Cl)Sc1ccc2ccccc2c1. The number of amides is 1. The van der Waals surface area contributed by atoms with Gasteiger partial charge < -0.3 is 0 Å². The molecule has 3 rings (SSSR count). The number of fused-ring (bicyclic) bond motifs is 1. The number of carbonyl (C=O) groups excluding carboxylic acids is 1. The van der Waals surface area contributed by atoms with Crippen molar-refractivity contribution in [3.8, 4) is 0 Å². The number of hydrogen-bond donors (Lipinski definition) is 1. The van der Waals surface area contributed by atoms with E-state index in [4.69, 9.17) is 11.6 Å². The maximum atomic E-state index is 12.2. The molecule has 122 valence electrons. The van der Waals surface area contributed by atoms with Gasteiger partial charge in [-0.1, -0.05) is 54.1 Å². The first kappa shape index (κ1) is 16.8. The molecule has 24 heavy (non-hydrogen) atoms. The molecule has 0 saturated heterocycles. The molecule has 7 heteroatoms. The fraction of sp³-hybridized carbons (Fsp3) is 0. The number of rotatable bonds is 3. The number of halogens is 1. The fourth-order valence-electron chi connectivity index (χ4n) is 2.19. The van der Waals surface area contributed by atoms with Crippen LogP contribution in [0.25, 0.3) is 10.8 Å². The first-order valence-corrected chi connectivity index (χ1v) is 9.61. The molecule has 0 aliphatic heterocycles. The van der Waals surface area contributed by atoms with E-state index in [9.17, 15) is 13.2 Å². The highest BCUT2D eigenvalue weighted by molar-refractivity contribution is 8.14. The van der Waals surface area contributed by atoms with Gasteiger partial charge in [-0.05, 0) is 46.8 Å². The summed E-state index contributed by atoms with van der Waals surface area (Å²) in [6.45, 7) is 0. The standard InChI is InChI=1S/C17H12ClNO3S2/c18-15-7-3-4-8-16(15)24(21,22)19-17(20)23-14-10-9-12-5-1-2-6-13(12)11-14/h1-11H,(H,19,20). The Kier molecular flexibility index (Phi) is 4.80. The summed E-state index contributed by atoms with van der Waals surface area (Å²) in [5, 5.41) is 1.40. The fourth-order valence-corrected chi connectivity index (χ4v) is 4.57. The molecule has 0 spiro atoms. The van der Waals surface area contributed by atoms with E-state index < -0.39 is 15.3 Å². The van der Waals surface area contributed by atoms with Crippen molar-refractivity contribution >= 4 is 49.4 Å². The van der Waals surface area contributed by atoms with Crippen LogP contribution in [-0.4, -0.2) is 13.7 Å². The summed E-state index contributed by atoms with van der Waals surface area (Å²) in [5.41, 5.74) is 0. The Morgan fingerprint density at radius 3 is 2.33 bits per heavy atom. The second-order valence-electron chi connectivity index (χ2n) is 4.93. The van der Waals surface area contributed by atoms with Gasteiger partial charge in [-0.15, -0.1) is 0 Å². The summed E-state index contributed by atoms with van der Waals surface area (Å²) >= 11 is 6.69. The van der Waals surface area contributed by atoms with Gasteiger partial charge in [-0.3, -0.25) is 4.79 Å². The molecule has 0 aromatic heterocycles. The summed E-state index contributed by atoms with van der Waals surface area (Å²) in [7, 11) is -4.01. The van der Waals surface area contributed by atoms with Gasteiger partial charge in [0.05, 0.1) is 5.02 Å². The van der Waals surface area contributed by atoms with Crippen LogP contribution in [0.4, 0.5) is 4.79 Å². The smallest absolute Gasteiger partial charge is 0.260 e. The van der Waals surface area contributed by atoms with Gasteiger partial charge in [0.15, 0.2) is 0 Å². The molecular weight excluding hydrogens is 366 g/mol. The van der Waals surface area contributed by atoms with Crippen LogP contribution in [0.3, 0.4) is 0 Å². The minimum absolute atomic E-state index is 0.0634. The highest BCUT2D eigenvalue weighted by Gasteiger charge is 2.20. The van der Waals surface area contributed by atoms with Gasteiger partial charge in [0.1, 0.15) is 4.90 Å². The summed E-state index contributed by atoms with van der Waals surface area (Å²) < 4.78 is 26.5. The van der Waals surface area contributed by atoms with Crippen LogP contribution in [0.15, 0.2) is 76.5 Å². The molecule has 0 unspecified atom stereocenters. The first-order valence-electron chi connectivity index (χ1n) is 6.94. The minimum atomic E-state index is -4.01. The lowest BCUT2D eigenvalue weighted by atomic mass is 10.1. The maximum Gasteiger partial charge on any atom is 0.297 e. The molecule has 0 fully saturated rings. The number of thioether (sulfide) groups is 1. The van der Waals surface area contributed by atoms with E-state index in [0.717, 1.165) is 22.5 Å². The van der Waals surface area contributed by atoms with E-state index in [0.29, 0.717) is 4.90 Å². The van der Waals surface area contributed by atoms with Gasteiger partial charge in [-0.25, -0.2) is 13.1 Å². The van der Waals surface area contributed by atoms with Crippen molar-refractivity contribution in [3.63, 3.8) is 0 Å². The first-order chi connectivity index (χ1) is 11.5. The van der Waals surface area contributed by atoms with Crippen molar-refractivity contribution in [2.75, 3.05) is 0 Å². The molecule has 3 aromatic carbocycles. The molecule has 0 bridgehead atoms. The number of benzene rings is 3. The number of sulfonamides is 1. The third-order valence-corrected chi connectivity index (χ3v) is 6.01. The summed E-state index contributed by atoms with van der Waals surface area (Å²) in [6, 6.07) is 19.2. The predicted octanol–water partition coefficient (Wildman–Crippen LogP) is 4.68. The third kappa shape index (κ3) is 3.72. The van der Waals surface area contributed by atoms with Crippen molar-refractivity contribution in [2.45, 2.75) is 9.79 Å². The van der Waals surface area contributed by atoms with Crippen LogP contribution in [0.5, 0.6) is 0 Å². The summed E-state index contributed by atoms with van der Waals surface area (Å²) in [4.78, 5) is 12.6. The average molecular weight is 378 g/mol. The molecule has 4 nitrogen and oxygen atoms in total. The Morgan fingerprint density at radius 2 is 1.58 bits per heavy atom. The normalized spacial score (nSPS) is 11.4. The quantitative estimate of drug-likeness (QED) is 0.673. The van der Waals surface area contributed by atoms with Gasteiger partial charge in [0.25, 0.3) is 15.3 Å². The second kappa shape index (κ2) is 6.84. The Bertz CT molecular complexity index is 1020. The Balaban J connectivity index is 1.78. The third-order valence-electron chi connectivity index (χ3n) is 3.28. The molecule has 0 aliphatic carbocycles. The highest BCUT2D eigenvalue weighted by Crippen LogP contribution is 2.26. The lowest BCUT2D eigenvalue weighted by Crippen LogP contribution is -2.27. The predicted molar refractivity (Wildman–Crippen MR) is 97.0 cm³/mol. The zero-order valence-corrected chi connectivity index (χ0v) is 14.7. The van der Waals surface area contributed by atoms with E-state index in [2.05, 4.69) is 0 Å². The molecule has 3 aromatic rings. The van der Waals surface area contributed by atoms with Crippen LogP contribution >= 0.6 is 23.4 Å². The molecule has 0 aliphatic rings. The van der Waals surface area contributed by atoms with E-state index in [-0.39, 0.29) is 9.92 Å². The molecule has 0 radical (unpaired) electrons. The van der Waals surface area contributed by atoms with Gasteiger partial charge >= 0.3 is 0 Å². The topological polar surface area (TPSA) is 63.2 Å².